The first-order chi connectivity index (χ1) is 15.1. The fourth-order valence-corrected chi connectivity index (χ4v) is 4.22. The third-order valence-corrected chi connectivity index (χ3v) is 6.05. The van der Waals surface area contributed by atoms with Crippen LogP contribution in [-0.2, 0) is 19.6 Å². The molecule has 1 unspecified atom stereocenters. The number of esters is 1. The van der Waals surface area contributed by atoms with Gasteiger partial charge >= 0.3 is 5.97 Å². The summed E-state index contributed by atoms with van der Waals surface area (Å²) in [7, 11) is 0.259. The second-order valence-electron chi connectivity index (χ2n) is 6.75. The molecule has 0 saturated carbocycles. The molecule has 1 aliphatic rings. The highest BCUT2D eigenvalue weighted by atomic mass is 35.5. The summed E-state index contributed by atoms with van der Waals surface area (Å²) < 4.78 is 46.6. The minimum atomic E-state index is -3.74. The van der Waals surface area contributed by atoms with Gasteiger partial charge in [-0.25, -0.2) is 13.2 Å². The molecule has 0 aliphatic carbocycles. The van der Waals surface area contributed by atoms with Crippen LogP contribution in [0.15, 0.2) is 30.3 Å². The zero-order valence-electron chi connectivity index (χ0n) is 17.7. The van der Waals surface area contributed by atoms with Gasteiger partial charge in [-0.3, -0.25) is 9.10 Å². The van der Waals surface area contributed by atoms with Crippen LogP contribution >= 0.6 is 11.6 Å². The van der Waals surface area contributed by atoms with Crippen molar-refractivity contribution >= 4 is 44.9 Å². The molecule has 3 rings (SSSR count). The van der Waals surface area contributed by atoms with E-state index in [-0.39, 0.29) is 40.7 Å². The number of carbonyl (C=O) groups excluding carboxylic acids is 2. The molecular formula is C20H21ClN2O8S. The molecule has 1 amide bonds. The highest BCUT2D eigenvalue weighted by Crippen LogP contribution is 2.38. The Balaban J connectivity index is 1.97. The molecule has 0 fully saturated rings. The predicted octanol–water partition coefficient (Wildman–Crippen LogP) is 2.31. The van der Waals surface area contributed by atoms with E-state index in [1.54, 1.807) is 0 Å². The van der Waals surface area contributed by atoms with Crippen molar-refractivity contribution in [2.75, 3.05) is 43.8 Å². The quantitative estimate of drug-likeness (QED) is 0.620. The molecule has 0 saturated heterocycles. The lowest BCUT2D eigenvalue weighted by molar-refractivity contribution is -0.122. The number of halogens is 1. The third-order valence-electron chi connectivity index (χ3n) is 4.67. The molecule has 10 nitrogen and oxygen atoms in total. The maximum absolute atomic E-state index is 13.0. The van der Waals surface area contributed by atoms with Crippen LogP contribution < -0.4 is 23.8 Å². The Bertz CT molecular complexity index is 1170. The number of nitrogens with one attached hydrogen (secondary N) is 1. The van der Waals surface area contributed by atoms with Crippen molar-refractivity contribution in [1.82, 2.24) is 0 Å². The lowest BCUT2D eigenvalue weighted by Crippen LogP contribution is -2.48. The van der Waals surface area contributed by atoms with Crippen LogP contribution in [0.3, 0.4) is 0 Å². The summed E-state index contributed by atoms with van der Waals surface area (Å²) >= 11 is 5.99. The minimum absolute atomic E-state index is 0.0152. The van der Waals surface area contributed by atoms with Crippen LogP contribution in [0.2, 0.25) is 5.02 Å². The molecule has 12 heteroatoms. The van der Waals surface area contributed by atoms with Crippen molar-refractivity contribution < 1.29 is 37.0 Å². The molecule has 1 heterocycles. The summed E-state index contributed by atoms with van der Waals surface area (Å²) in [6.45, 7) is -0.293. The van der Waals surface area contributed by atoms with Gasteiger partial charge in [0, 0.05) is 17.2 Å². The van der Waals surface area contributed by atoms with E-state index in [1.807, 2.05) is 0 Å². The van der Waals surface area contributed by atoms with E-state index < -0.39 is 28.0 Å². The van der Waals surface area contributed by atoms with Crippen LogP contribution in [-0.4, -0.2) is 60.5 Å². The first-order valence-electron chi connectivity index (χ1n) is 9.18. The van der Waals surface area contributed by atoms with E-state index >= 15 is 0 Å². The topological polar surface area (TPSA) is 120 Å². The number of hydrogen-bond acceptors (Lipinski definition) is 8. The van der Waals surface area contributed by atoms with Crippen molar-refractivity contribution in [3.8, 4) is 17.2 Å². The average molecular weight is 485 g/mol. The van der Waals surface area contributed by atoms with Crippen molar-refractivity contribution in [2.24, 2.45) is 0 Å². The zero-order chi connectivity index (χ0) is 23.6. The summed E-state index contributed by atoms with van der Waals surface area (Å²) in [6.07, 6.45) is -0.196. The number of anilines is 2. The van der Waals surface area contributed by atoms with Crippen LogP contribution in [0.1, 0.15) is 10.4 Å². The van der Waals surface area contributed by atoms with E-state index in [4.69, 9.17) is 30.5 Å². The van der Waals surface area contributed by atoms with E-state index in [2.05, 4.69) is 5.32 Å². The SMILES string of the molecule is COC(=O)c1cc(OC)c(OC)cc1NC(=O)C1CN(S(C)(=O)=O)c2cc(Cl)ccc2O1. The standard InChI is InChI=1S/C20H21ClN2O8S/c1-28-16-8-12(20(25)30-3)13(9-17(16)29-2)22-19(24)18-10-23(32(4,26)27)14-7-11(21)5-6-15(14)31-18/h5-9,18H,10H2,1-4H3,(H,22,24). The van der Waals surface area contributed by atoms with Gasteiger partial charge in [-0.15, -0.1) is 0 Å². The van der Waals surface area contributed by atoms with Crippen molar-refractivity contribution in [3.05, 3.63) is 40.9 Å². The van der Waals surface area contributed by atoms with Gasteiger partial charge < -0.3 is 24.3 Å². The maximum Gasteiger partial charge on any atom is 0.340 e. The normalized spacial score (nSPS) is 15.3. The average Bonchev–Trinajstić information content (AvgIpc) is 2.76. The summed E-state index contributed by atoms with van der Waals surface area (Å²) in [5.74, 6) is -0.710. The van der Waals surface area contributed by atoms with Gasteiger partial charge in [-0.2, -0.15) is 0 Å². The number of benzene rings is 2. The first-order valence-corrected chi connectivity index (χ1v) is 11.4. The number of fused-ring (bicyclic) bond motifs is 1. The van der Waals surface area contributed by atoms with Crippen LogP contribution in [0.5, 0.6) is 17.2 Å². The molecule has 2 aromatic rings. The largest absolute Gasteiger partial charge is 0.493 e. The molecule has 1 aliphatic heterocycles. The fraction of sp³-hybridized carbons (Fsp3) is 0.300. The van der Waals surface area contributed by atoms with Gasteiger partial charge in [0.1, 0.15) is 5.75 Å². The van der Waals surface area contributed by atoms with Crippen molar-refractivity contribution in [3.63, 3.8) is 0 Å². The summed E-state index contributed by atoms with van der Waals surface area (Å²) in [5, 5.41) is 2.90. The van der Waals surface area contributed by atoms with E-state index in [0.29, 0.717) is 5.02 Å². The molecule has 0 radical (unpaired) electrons. The Hall–Kier alpha value is -3.18. The van der Waals surface area contributed by atoms with Crippen LogP contribution in [0.25, 0.3) is 0 Å². The number of sulfonamides is 1. The number of hydrogen-bond donors (Lipinski definition) is 1. The van der Waals surface area contributed by atoms with Gasteiger partial charge in [0.2, 0.25) is 10.0 Å². The molecule has 2 aromatic carbocycles. The molecule has 1 atom stereocenters. The monoisotopic (exact) mass is 484 g/mol. The molecule has 0 spiro atoms. The zero-order valence-corrected chi connectivity index (χ0v) is 19.2. The first kappa shape index (κ1) is 23.5. The molecule has 32 heavy (non-hydrogen) atoms. The van der Waals surface area contributed by atoms with Crippen LogP contribution in [0.4, 0.5) is 11.4 Å². The van der Waals surface area contributed by atoms with E-state index in [0.717, 1.165) is 10.6 Å². The van der Waals surface area contributed by atoms with Gasteiger partial charge in [-0.1, -0.05) is 11.6 Å². The molecular weight excluding hydrogens is 464 g/mol. The van der Waals surface area contributed by atoms with Gasteiger partial charge in [-0.05, 0) is 18.2 Å². The smallest absolute Gasteiger partial charge is 0.340 e. The Kier molecular flexibility index (Phi) is 6.70. The fourth-order valence-electron chi connectivity index (χ4n) is 3.15. The number of nitrogens with zero attached hydrogens (tertiary/aromatic N) is 1. The molecule has 0 bridgehead atoms. The number of amides is 1. The van der Waals surface area contributed by atoms with Gasteiger partial charge in [0.15, 0.2) is 17.6 Å². The number of carbonyl (C=O) groups is 2. The van der Waals surface area contributed by atoms with E-state index in [1.165, 1.54) is 51.7 Å². The van der Waals surface area contributed by atoms with Crippen LogP contribution in [0, 0.1) is 0 Å². The van der Waals surface area contributed by atoms with Gasteiger partial charge in [0.25, 0.3) is 5.91 Å². The third kappa shape index (κ3) is 4.68. The Morgan fingerprint density at radius 3 is 2.38 bits per heavy atom. The molecule has 1 N–H and O–H groups in total. The van der Waals surface area contributed by atoms with Crippen molar-refractivity contribution in [1.29, 1.82) is 0 Å². The Labute approximate surface area is 190 Å². The Morgan fingerprint density at radius 1 is 1.12 bits per heavy atom. The van der Waals surface area contributed by atoms with Gasteiger partial charge in [0.05, 0.1) is 51.1 Å². The summed E-state index contributed by atoms with van der Waals surface area (Å²) in [6, 6.07) is 7.20. The summed E-state index contributed by atoms with van der Waals surface area (Å²) in [4.78, 5) is 25.3. The minimum Gasteiger partial charge on any atom is -0.493 e. The highest BCUT2D eigenvalue weighted by molar-refractivity contribution is 7.92. The second kappa shape index (κ2) is 9.13. The second-order valence-corrected chi connectivity index (χ2v) is 9.09. The lowest BCUT2D eigenvalue weighted by Gasteiger charge is -2.34. The predicted molar refractivity (Wildman–Crippen MR) is 118 cm³/mol. The highest BCUT2D eigenvalue weighted by Gasteiger charge is 2.36. The number of rotatable bonds is 6. The lowest BCUT2D eigenvalue weighted by atomic mass is 10.1. The molecule has 0 aromatic heterocycles. The van der Waals surface area contributed by atoms with Crippen molar-refractivity contribution in [2.45, 2.75) is 6.10 Å². The van der Waals surface area contributed by atoms with E-state index in [9.17, 15) is 18.0 Å². The maximum atomic E-state index is 13.0. The number of methoxy groups -OCH3 is 3. The Morgan fingerprint density at radius 2 is 1.78 bits per heavy atom. The number of ether oxygens (including phenoxy) is 4. The molecule has 172 valence electrons. The summed E-state index contributed by atoms with van der Waals surface area (Å²) in [5.41, 5.74) is 0.322.